The zero-order valence-electron chi connectivity index (χ0n) is 11.1. The lowest BCUT2D eigenvalue weighted by Crippen LogP contribution is -2.41. The van der Waals surface area contributed by atoms with Crippen LogP contribution in [0.15, 0.2) is 29.2 Å². The van der Waals surface area contributed by atoms with E-state index in [-0.39, 0.29) is 16.9 Å². The highest BCUT2D eigenvalue weighted by molar-refractivity contribution is 7.98. The number of carboxylic acid groups (broad SMARTS) is 2. The summed E-state index contributed by atoms with van der Waals surface area (Å²) in [6, 6.07) is 3.48. The number of aromatic carboxylic acids is 1. The molecular formula is C12H15NO6S2. The molecule has 0 saturated heterocycles. The average molecular weight is 333 g/mol. The second kappa shape index (κ2) is 7.43. The molecule has 0 radical (unpaired) electrons. The Morgan fingerprint density at radius 2 is 2.00 bits per heavy atom. The van der Waals surface area contributed by atoms with Crippen molar-refractivity contribution < 1.29 is 28.2 Å². The summed E-state index contributed by atoms with van der Waals surface area (Å²) in [6.45, 7) is 0. The SMILES string of the molecule is CSCCC(NS(=O)(=O)c1cccc(C(=O)O)c1)C(=O)O. The average Bonchev–Trinajstić information content (AvgIpc) is 2.43. The van der Waals surface area contributed by atoms with Crippen molar-refractivity contribution in [2.75, 3.05) is 12.0 Å². The Bertz CT molecular complexity index is 628. The minimum atomic E-state index is -4.09. The van der Waals surface area contributed by atoms with Gasteiger partial charge >= 0.3 is 11.9 Å². The largest absolute Gasteiger partial charge is 0.480 e. The van der Waals surface area contributed by atoms with Crippen LogP contribution in [0, 0.1) is 0 Å². The van der Waals surface area contributed by atoms with Crippen molar-refractivity contribution in [3.05, 3.63) is 29.8 Å². The van der Waals surface area contributed by atoms with Crippen molar-refractivity contribution in [1.82, 2.24) is 4.72 Å². The highest BCUT2D eigenvalue weighted by Gasteiger charge is 2.25. The van der Waals surface area contributed by atoms with Gasteiger partial charge in [-0.1, -0.05) is 6.07 Å². The van der Waals surface area contributed by atoms with Crippen LogP contribution in [0.25, 0.3) is 0 Å². The molecular weight excluding hydrogens is 318 g/mol. The topological polar surface area (TPSA) is 121 Å². The third-order valence-electron chi connectivity index (χ3n) is 2.60. The monoisotopic (exact) mass is 333 g/mol. The first kappa shape index (κ1) is 17.5. The summed E-state index contributed by atoms with van der Waals surface area (Å²) >= 11 is 1.40. The molecule has 0 aliphatic heterocycles. The summed E-state index contributed by atoms with van der Waals surface area (Å²) < 4.78 is 26.3. The van der Waals surface area contributed by atoms with Crippen molar-refractivity contribution >= 4 is 33.7 Å². The fraction of sp³-hybridized carbons (Fsp3) is 0.333. The van der Waals surface area contributed by atoms with Crippen molar-refractivity contribution in [2.45, 2.75) is 17.4 Å². The lowest BCUT2D eigenvalue weighted by Gasteiger charge is -2.14. The zero-order valence-corrected chi connectivity index (χ0v) is 12.8. The first-order valence-electron chi connectivity index (χ1n) is 5.85. The van der Waals surface area contributed by atoms with Crippen LogP contribution in [0.1, 0.15) is 16.8 Å². The first-order valence-corrected chi connectivity index (χ1v) is 8.73. The number of rotatable bonds is 8. The fourth-order valence-electron chi connectivity index (χ4n) is 1.52. The molecule has 0 fully saturated rings. The highest BCUT2D eigenvalue weighted by Crippen LogP contribution is 2.13. The van der Waals surface area contributed by atoms with Gasteiger partial charge in [0, 0.05) is 0 Å². The number of thioether (sulfide) groups is 1. The van der Waals surface area contributed by atoms with Crippen LogP contribution in [0.5, 0.6) is 0 Å². The smallest absolute Gasteiger partial charge is 0.335 e. The molecule has 0 aliphatic carbocycles. The zero-order chi connectivity index (χ0) is 16.0. The number of nitrogens with one attached hydrogen (secondary N) is 1. The van der Waals surface area contributed by atoms with Crippen molar-refractivity contribution in [3.8, 4) is 0 Å². The van der Waals surface area contributed by atoms with E-state index >= 15 is 0 Å². The molecule has 0 heterocycles. The van der Waals surface area contributed by atoms with Gasteiger partial charge in [-0.25, -0.2) is 13.2 Å². The molecule has 1 unspecified atom stereocenters. The standard InChI is InChI=1S/C12H15NO6S2/c1-20-6-5-10(12(16)17)13-21(18,19)9-4-2-3-8(7-9)11(14)15/h2-4,7,10,13H,5-6H2,1H3,(H,14,15)(H,16,17). The lowest BCUT2D eigenvalue weighted by molar-refractivity contribution is -0.139. The van der Waals surface area contributed by atoms with E-state index in [1.807, 2.05) is 0 Å². The molecule has 0 amide bonds. The molecule has 3 N–H and O–H groups in total. The Kier molecular flexibility index (Phi) is 6.19. The quantitative estimate of drug-likeness (QED) is 0.645. The van der Waals surface area contributed by atoms with Gasteiger partial charge in [-0.3, -0.25) is 4.79 Å². The van der Waals surface area contributed by atoms with Crippen LogP contribution in [0.4, 0.5) is 0 Å². The van der Waals surface area contributed by atoms with Crippen LogP contribution in [-0.2, 0) is 14.8 Å². The number of sulfonamides is 1. The molecule has 0 aliphatic rings. The van der Waals surface area contributed by atoms with E-state index in [0.29, 0.717) is 5.75 Å². The normalized spacial score (nSPS) is 12.8. The van der Waals surface area contributed by atoms with Crippen LogP contribution in [0.2, 0.25) is 0 Å². The molecule has 1 rings (SSSR count). The second-order valence-electron chi connectivity index (χ2n) is 4.13. The summed E-state index contributed by atoms with van der Waals surface area (Å²) in [7, 11) is -4.09. The molecule has 21 heavy (non-hydrogen) atoms. The van der Waals surface area contributed by atoms with Gasteiger partial charge < -0.3 is 10.2 Å². The van der Waals surface area contributed by atoms with E-state index in [9.17, 15) is 18.0 Å². The summed E-state index contributed by atoms with van der Waals surface area (Å²) in [6.07, 6.45) is 1.91. The molecule has 0 bridgehead atoms. The third kappa shape index (κ3) is 5.03. The van der Waals surface area contributed by atoms with Crippen molar-refractivity contribution in [2.24, 2.45) is 0 Å². The predicted octanol–water partition coefficient (Wildman–Crippen LogP) is 0.869. The van der Waals surface area contributed by atoms with Crippen LogP contribution < -0.4 is 4.72 Å². The number of benzene rings is 1. The van der Waals surface area contributed by atoms with Crippen LogP contribution in [-0.4, -0.2) is 48.6 Å². The molecule has 9 heteroatoms. The van der Waals surface area contributed by atoms with E-state index < -0.39 is 28.0 Å². The Labute approximate surface area is 126 Å². The minimum absolute atomic E-state index is 0.133. The van der Waals surface area contributed by atoms with Gasteiger partial charge in [-0.2, -0.15) is 16.5 Å². The molecule has 1 aromatic carbocycles. The summed E-state index contributed by atoms with van der Waals surface area (Å²) in [5.41, 5.74) is -0.186. The van der Waals surface area contributed by atoms with Crippen LogP contribution >= 0.6 is 11.8 Å². The van der Waals surface area contributed by atoms with Crippen molar-refractivity contribution in [1.29, 1.82) is 0 Å². The fourth-order valence-corrected chi connectivity index (χ4v) is 3.26. The number of hydrogen-bond donors (Lipinski definition) is 3. The molecule has 0 saturated carbocycles. The third-order valence-corrected chi connectivity index (χ3v) is 4.71. The molecule has 0 aromatic heterocycles. The van der Waals surface area contributed by atoms with Gasteiger partial charge in [0.15, 0.2) is 0 Å². The molecule has 0 spiro atoms. The van der Waals surface area contributed by atoms with Gasteiger partial charge in [0.05, 0.1) is 10.5 Å². The number of carbonyl (C=O) groups is 2. The molecule has 1 aromatic rings. The maximum absolute atomic E-state index is 12.1. The van der Waals surface area contributed by atoms with Gasteiger partial charge in [0.1, 0.15) is 6.04 Å². The van der Waals surface area contributed by atoms with Crippen molar-refractivity contribution in [3.63, 3.8) is 0 Å². The van der Waals surface area contributed by atoms with Gasteiger partial charge in [0.2, 0.25) is 10.0 Å². The highest BCUT2D eigenvalue weighted by atomic mass is 32.2. The summed E-state index contributed by atoms with van der Waals surface area (Å²) in [5.74, 6) is -2.06. The molecule has 7 nitrogen and oxygen atoms in total. The Balaban J connectivity index is 3.01. The number of aliphatic carboxylic acids is 1. The van der Waals surface area contributed by atoms with E-state index in [4.69, 9.17) is 10.2 Å². The van der Waals surface area contributed by atoms with Crippen LogP contribution in [0.3, 0.4) is 0 Å². The summed E-state index contributed by atoms with van der Waals surface area (Å²) in [5, 5.41) is 17.9. The maximum atomic E-state index is 12.1. The molecule has 116 valence electrons. The Morgan fingerprint density at radius 1 is 1.33 bits per heavy atom. The summed E-state index contributed by atoms with van der Waals surface area (Å²) in [4.78, 5) is 21.6. The first-order chi connectivity index (χ1) is 9.77. The van der Waals surface area contributed by atoms with E-state index in [1.54, 1.807) is 6.26 Å². The molecule has 1 atom stereocenters. The van der Waals surface area contributed by atoms with Gasteiger partial charge in [-0.05, 0) is 36.6 Å². The maximum Gasteiger partial charge on any atom is 0.335 e. The second-order valence-corrected chi connectivity index (χ2v) is 6.83. The lowest BCUT2D eigenvalue weighted by atomic mass is 10.2. The Hall–Kier alpha value is -1.58. The van der Waals surface area contributed by atoms with E-state index in [0.717, 1.165) is 6.07 Å². The van der Waals surface area contributed by atoms with Gasteiger partial charge in [-0.15, -0.1) is 0 Å². The Morgan fingerprint density at radius 3 is 2.52 bits per heavy atom. The predicted molar refractivity (Wildman–Crippen MR) is 78.1 cm³/mol. The minimum Gasteiger partial charge on any atom is -0.480 e. The number of carboxylic acids is 2. The van der Waals surface area contributed by atoms with Gasteiger partial charge in [0.25, 0.3) is 0 Å². The number of hydrogen-bond acceptors (Lipinski definition) is 5. The van der Waals surface area contributed by atoms with E-state index in [1.165, 1.54) is 30.0 Å². The van der Waals surface area contributed by atoms with E-state index in [2.05, 4.69) is 4.72 Å².